The summed E-state index contributed by atoms with van der Waals surface area (Å²) in [7, 11) is 1.62. The van der Waals surface area contributed by atoms with Crippen LogP contribution in [0.4, 0.5) is 0 Å². The maximum absolute atomic E-state index is 11.9. The minimum atomic E-state index is -0.208. The number of rotatable bonds is 5. The van der Waals surface area contributed by atoms with E-state index in [4.69, 9.17) is 10.00 Å². The van der Waals surface area contributed by atoms with Crippen LogP contribution in [0.3, 0.4) is 0 Å². The normalized spacial score (nSPS) is 10.4. The Morgan fingerprint density at radius 3 is 2.67 bits per heavy atom. The number of pyridine rings is 1. The summed E-state index contributed by atoms with van der Waals surface area (Å²) in [5.41, 5.74) is 4.11. The maximum Gasteiger partial charge on any atom is 0.244 e. The second kappa shape index (κ2) is 7.93. The fourth-order valence-corrected chi connectivity index (χ4v) is 2.32. The zero-order valence-corrected chi connectivity index (χ0v) is 14.0. The fraction of sp³-hybridized carbons (Fsp3) is 0.211. The highest BCUT2D eigenvalue weighted by molar-refractivity contribution is 5.91. The lowest BCUT2D eigenvalue weighted by Gasteiger charge is -2.12. The Hall–Kier alpha value is -3.13. The van der Waals surface area contributed by atoms with E-state index in [-0.39, 0.29) is 5.91 Å². The molecule has 2 aromatic rings. The van der Waals surface area contributed by atoms with Gasteiger partial charge in [-0.25, -0.2) is 0 Å². The lowest BCUT2D eigenvalue weighted by atomic mass is 10.1. The van der Waals surface area contributed by atoms with Gasteiger partial charge in [0.1, 0.15) is 5.75 Å². The molecule has 0 unspecified atom stereocenters. The SMILES string of the molecule is COc1c(C)cnc(CNC(=O)/C=C/c2ccc(C#N)cc2)c1C. The Balaban J connectivity index is 1.98. The van der Waals surface area contributed by atoms with E-state index in [2.05, 4.69) is 16.4 Å². The number of benzene rings is 1. The second-order valence-corrected chi connectivity index (χ2v) is 5.33. The van der Waals surface area contributed by atoms with Gasteiger partial charge in [0.25, 0.3) is 0 Å². The second-order valence-electron chi connectivity index (χ2n) is 5.33. The van der Waals surface area contributed by atoms with E-state index >= 15 is 0 Å². The molecule has 0 aliphatic heterocycles. The van der Waals surface area contributed by atoms with Gasteiger partial charge in [0, 0.05) is 23.4 Å². The van der Waals surface area contributed by atoms with Crippen LogP contribution in [0, 0.1) is 25.2 Å². The Bertz CT molecular complexity index is 803. The van der Waals surface area contributed by atoms with Crippen LogP contribution in [-0.4, -0.2) is 18.0 Å². The van der Waals surface area contributed by atoms with E-state index in [0.717, 1.165) is 28.1 Å². The lowest BCUT2D eigenvalue weighted by molar-refractivity contribution is -0.116. The largest absolute Gasteiger partial charge is 0.496 e. The number of aromatic nitrogens is 1. The molecule has 5 heteroatoms. The minimum absolute atomic E-state index is 0.208. The van der Waals surface area contributed by atoms with Gasteiger partial charge in [-0.2, -0.15) is 5.26 Å². The monoisotopic (exact) mass is 321 g/mol. The van der Waals surface area contributed by atoms with Crippen LogP contribution in [0.2, 0.25) is 0 Å². The van der Waals surface area contributed by atoms with Crippen LogP contribution in [0.25, 0.3) is 6.08 Å². The van der Waals surface area contributed by atoms with Crippen molar-refractivity contribution in [1.82, 2.24) is 10.3 Å². The van der Waals surface area contributed by atoms with Crippen molar-refractivity contribution in [1.29, 1.82) is 5.26 Å². The molecule has 0 aliphatic rings. The molecule has 0 aliphatic carbocycles. The average Bonchev–Trinajstić information content (AvgIpc) is 2.60. The number of nitrogens with one attached hydrogen (secondary N) is 1. The number of hydrogen-bond donors (Lipinski definition) is 1. The van der Waals surface area contributed by atoms with Crippen LogP contribution in [0.5, 0.6) is 5.75 Å². The van der Waals surface area contributed by atoms with Gasteiger partial charge in [0.2, 0.25) is 5.91 Å². The maximum atomic E-state index is 11.9. The molecule has 1 aromatic carbocycles. The Morgan fingerprint density at radius 2 is 2.04 bits per heavy atom. The predicted octanol–water partition coefficient (Wildman–Crippen LogP) is 2.91. The van der Waals surface area contributed by atoms with Crippen molar-refractivity contribution in [3.05, 3.63) is 64.5 Å². The zero-order valence-electron chi connectivity index (χ0n) is 14.0. The van der Waals surface area contributed by atoms with E-state index in [1.807, 2.05) is 13.8 Å². The number of amides is 1. The number of carbonyl (C=O) groups excluding carboxylic acids is 1. The summed E-state index contributed by atoms with van der Waals surface area (Å²) < 4.78 is 5.36. The Morgan fingerprint density at radius 1 is 1.33 bits per heavy atom. The molecule has 0 saturated heterocycles. The average molecular weight is 321 g/mol. The summed E-state index contributed by atoms with van der Waals surface area (Å²) in [6.45, 7) is 4.19. The molecule has 1 aromatic heterocycles. The molecule has 0 fully saturated rings. The third-order valence-electron chi connectivity index (χ3n) is 3.65. The molecular weight excluding hydrogens is 302 g/mol. The lowest BCUT2D eigenvalue weighted by Crippen LogP contribution is -2.21. The number of nitriles is 1. The molecule has 24 heavy (non-hydrogen) atoms. The van der Waals surface area contributed by atoms with E-state index in [1.165, 1.54) is 6.08 Å². The fourth-order valence-electron chi connectivity index (χ4n) is 2.32. The van der Waals surface area contributed by atoms with Gasteiger partial charge in [-0.05, 0) is 37.6 Å². The third-order valence-corrected chi connectivity index (χ3v) is 3.65. The smallest absolute Gasteiger partial charge is 0.244 e. The van der Waals surface area contributed by atoms with Crippen molar-refractivity contribution in [3.8, 4) is 11.8 Å². The molecule has 1 amide bonds. The minimum Gasteiger partial charge on any atom is -0.496 e. The van der Waals surface area contributed by atoms with Gasteiger partial charge in [0.05, 0.1) is 31.0 Å². The summed E-state index contributed by atoms with van der Waals surface area (Å²) in [5, 5.41) is 11.6. The topological polar surface area (TPSA) is 75.0 Å². The molecule has 0 bridgehead atoms. The van der Waals surface area contributed by atoms with Crippen LogP contribution in [0.15, 0.2) is 36.5 Å². The molecule has 2 rings (SSSR count). The molecule has 1 N–H and O–H groups in total. The molecule has 0 radical (unpaired) electrons. The highest BCUT2D eigenvalue weighted by Gasteiger charge is 2.09. The van der Waals surface area contributed by atoms with Crippen molar-refractivity contribution in [2.45, 2.75) is 20.4 Å². The van der Waals surface area contributed by atoms with Crippen LogP contribution < -0.4 is 10.1 Å². The van der Waals surface area contributed by atoms with E-state index in [0.29, 0.717) is 12.1 Å². The van der Waals surface area contributed by atoms with Crippen LogP contribution >= 0.6 is 0 Å². The number of nitrogens with zero attached hydrogens (tertiary/aromatic N) is 2. The van der Waals surface area contributed by atoms with Crippen LogP contribution in [0.1, 0.15) is 27.9 Å². The van der Waals surface area contributed by atoms with Gasteiger partial charge >= 0.3 is 0 Å². The zero-order chi connectivity index (χ0) is 17.5. The van der Waals surface area contributed by atoms with Gasteiger partial charge in [-0.3, -0.25) is 9.78 Å². The Labute approximate surface area is 141 Å². The first-order chi connectivity index (χ1) is 11.5. The molecular formula is C19H19N3O2. The van der Waals surface area contributed by atoms with Gasteiger partial charge in [-0.15, -0.1) is 0 Å². The number of ether oxygens (including phenoxy) is 1. The Kier molecular flexibility index (Phi) is 5.69. The quantitative estimate of drug-likeness (QED) is 0.859. The number of hydrogen-bond acceptors (Lipinski definition) is 4. The molecule has 5 nitrogen and oxygen atoms in total. The summed E-state index contributed by atoms with van der Waals surface area (Å²) in [6, 6.07) is 9.06. The highest BCUT2D eigenvalue weighted by Crippen LogP contribution is 2.23. The van der Waals surface area contributed by atoms with Crippen molar-refractivity contribution in [2.24, 2.45) is 0 Å². The van der Waals surface area contributed by atoms with Crippen molar-refractivity contribution in [2.75, 3.05) is 7.11 Å². The van der Waals surface area contributed by atoms with Gasteiger partial charge in [0.15, 0.2) is 0 Å². The third kappa shape index (κ3) is 4.20. The van der Waals surface area contributed by atoms with Gasteiger partial charge in [-0.1, -0.05) is 12.1 Å². The van der Waals surface area contributed by atoms with E-state index in [1.54, 1.807) is 43.6 Å². The standard InChI is InChI=1S/C19H19N3O2/c1-13-11-21-17(14(2)19(13)24-3)12-22-18(23)9-8-15-4-6-16(10-20)7-5-15/h4-9,11H,12H2,1-3H3,(H,22,23)/b9-8+. The number of carbonyl (C=O) groups is 1. The summed E-state index contributed by atoms with van der Waals surface area (Å²) >= 11 is 0. The van der Waals surface area contributed by atoms with E-state index < -0.39 is 0 Å². The molecule has 1 heterocycles. The number of aryl methyl sites for hydroxylation is 1. The highest BCUT2D eigenvalue weighted by atomic mass is 16.5. The molecule has 0 atom stereocenters. The first-order valence-electron chi connectivity index (χ1n) is 7.50. The molecule has 0 saturated carbocycles. The summed E-state index contributed by atoms with van der Waals surface area (Å²) in [5.74, 6) is 0.586. The summed E-state index contributed by atoms with van der Waals surface area (Å²) in [4.78, 5) is 16.3. The van der Waals surface area contributed by atoms with Crippen molar-refractivity contribution >= 4 is 12.0 Å². The summed E-state index contributed by atoms with van der Waals surface area (Å²) in [6.07, 6.45) is 4.90. The molecule has 0 spiro atoms. The van der Waals surface area contributed by atoms with Crippen molar-refractivity contribution < 1.29 is 9.53 Å². The first-order valence-corrected chi connectivity index (χ1v) is 7.50. The van der Waals surface area contributed by atoms with E-state index in [9.17, 15) is 4.79 Å². The van der Waals surface area contributed by atoms with Crippen molar-refractivity contribution in [3.63, 3.8) is 0 Å². The van der Waals surface area contributed by atoms with Crippen LogP contribution in [-0.2, 0) is 11.3 Å². The van der Waals surface area contributed by atoms with Gasteiger partial charge < -0.3 is 10.1 Å². The predicted molar refractivity (Wildman–Crippen MR) is 92.3 cm³/mol. The first kappa shape index (κ1) is 17.2. The number of methoxy groups -OCH3 is 1. The molecule has 122 valence electrons.